The molecular formula is C17H24NOS2. The quantitative estimate of drug-likeness (QED) is 0.810. The van der Waals surface area contributed by atoms with Crippen LogP contribution in [0.5, 0.6) is 5.75 Å². The van der Waals surface area contributed by atoms with E-state index in [-0.39, 0.29) is 11.2 Å². The van der Waals surface area contributed by atoms with Gasteiger partial charge in [0.15, 0.2) is 0 Å². The van der Waals surface area contributed by atoms with Crippen molar-refractivity contribution in [2.75, 3.05) is 13.1 Å². The van der Waals surface area contributed by atoms with E-state index in [1.54, 1.807) is 11.8 Å². The number of likely N-dealkylation sites (tertiary alicyclic amines) is 1. The zero-order chi connectivity index (χ0) is 15.5. The number of phenolic OH excluding ortho intramolecular Hbond substituents is 1. The summed E-state index contributed by atoms with van der Waals surface area (Å²) in [5, 5.41) is 9.96. The van der Waals surface area contributed by atoms with Crippen LogP contribution in [0.1, 0.15) is 51.2 Å². The average molecular weight is 323 g/mol. The summed E-state index contributed by atoms with van der Waals surface area (Å²) in [5.74, 6) is 1.10. The lowest BCUT2D eigenvalue weighted by Gasteiger charge is -2.28. The molecular weight excluding hydrogens is 298 g/mol. The van der Waals surface area contributed by atoms with Gasteiger partial charge in [-0.1, -0.05) is 50.8 Å². The van der Waals surface area contributed by atoms with Gasteiger partial charge in [0, 0.05) is 30.5 Å². The number of piperidine rings is 1. The molecule has 0 saturated carbocycles. The summed E-state index contributed by atoms with van der Waals surface area (Å²) < 4.78 is 1.00. The Kier molecular flexibility index (Phi) is 5.55. The third-order valence-corrected chi connectivity index (χ3v) is 5.36. The van der Waals surface area contributed by atoms with E-state index in [1.807, 2.05) is 6.07 Å². The topological polar surface area (TPSA) is 23.5 Å². The summed E-state index contributed by atoms with van der Waals surface area (Å²) in [6.45, 7) is 8.50. The number of nitrogens with zero attached hydrogens (tertiary/aromatic N) is 1. The lowest BCUT2D eigenvalue weighted by molar-refractivity contribution is 0.352. The Bertz CT molecular complexity index is 502. The van der Waals surface area contributed by atoms with Crippen molar-refractivity contribution in [3.05, 3.63) is 29.3 Å². The van der Waals surface area contributed by atoms with Crippen LogP contribution in [0.25, 0.3) is 0 Å². The molecule has 2 rings (SSSR count). The highest BCUT2D eigenvalue weighted by Gasteiger charge is 2.19. The Morgan fingerprint density at radius 1 is 1.33 bits per heavy atom. The summed E-state index contributed by atoms with van der Waals surface area (Å²) in [6.07, 6.45) is 3.83. The van der Waals surface area contributed by atoms with Crippen LogP contribution >= 0.6 is 24.0 Å². The Morgan fingerprint density at radius 3 is 2.62 bits per heavy atom. The molecule has 115 valence electrons. The largest absolute Gasteiger partial charge is 0.507 e. The summed E-state index contributed by atoms with van der Waals surface area (Å²) in [5.41, 5.74) is 2.04. The van der Waals surface area contributed by atoms with Crippen LogP contribution in [-0.4, -0.2) is 27.4 Å². The Hall–Kier alpha value is -0.740. The maximum atomic E-state index is 9.96. The van der Waals surface area contributed by atoms with Crippen molar-refractivity contribution in [1.29, 1.82) is 0 Å². The van der Waals surface area contributed by atoms with E-state index >= 15 is 0 Å². The predicted octanol–water partition coefficient (Wildman–Crippen LogP) is 4.49. The zero-order valence-electron chi connectivity index (χ0n) is 13.1. The van der Waals surface area contributed by atoms with Gasteiger partial charge in [0.25, 0.3) is 0 Å². The van der Waals surface area contributed by atoms with E-state index in [4.69, 9.17) is 12.2 Å². The van der Waals surface area contributed by atoms with E-state index in [0.717, 1.165) is 28.7 Å². The molecule has 0 spiro atoms. The van der Waals surface area contributed by atoms with Gasteiger partial charge in [0.05, 0.1) is 0 Å². The predicted molar refractivity (Wildman–Crippen MR) is 95.0 cm³/mol. The second-order valence-electron chi connectivity index (χ2n) is 6.62. The SMILES string of the molecule is CC(C)(C)c1cc(CSC(=S)N2CCCCC2)c[c]c1O. The van der Waals surface area contributed by atoms with Crippen LogP contribution in [0.2, 0.25) is 0 Å². The van der Waals surface area contributed by atoms with E-state index in [1.165, 1.54) is 24.8 Å². The van der Waals surface area contributed by atoms with Gasteiger partial charge < -0.3 is 10.0 Å². The first-order chi connectivity index (χ1) is 9.88. The molecule has 1 saturated heterocycles. The van der Waals surface area contributed by atoms with Gasteiger partial charge in [-0.15, -0.1) is 0 Å². The highest BCUT2D eigenvalue weighted by atomic mass is 32.2. The van der Waals surface area contributed by atoms with Crippen LogP contribution < -0.4 is 0 Å². The Morgan fingerprint density at radius 2 is 2.00 bits per heavy atom. The van der Waals surface area contributed by atoms with Gasteiger partial charge in [0.1, 0.15) is 10.1 Å². The number of benzene rings is 1. The molecule has 0 aromatic heterocycles. The molecule has 1 heterocycles. The number of aromatic hydroxyl groups is 1. The maximum absolute atomic E-state index is 9.96. The smallest absolute Gasteiger partial charge is 0.136 e. The van der Waals surface area contributed by atoms with Crippen molar-refractivity contribution in [1.82, 2.24) is 4.90 Å². The monoisotopic (exact) mass is 322 g/mol. The highest BCUT2D eigenvalue weighted by Crippen LogP contribution is 2.32. The van der Waals surface area contributed by atoms with Crippen LogP contribution in [0.15, 0.2) is 12.1 Å². The second kappa shape index (κ2) is 7.01. The van der Waals surface area contributed by atoms with E-state index in [0.29, 0.717) is 0 Å². The van der Waals surface area contributed by atoms with E-state index < -0.39 is 0 Å². The third-order valence-electron chi connectivity index (χ3n) is 3.76. The van der Waals surface area contributed by atoms with E-state index in [2.05, 4.69) is 37.8 Å². The van der Waals surface area contributed by atoms with Crippen LogP contribution in [0, 0.1) is 6.07 Å². The Balaban J connectivity index is 1.98. The number of thiocarbonyl (C=S) groups is 1. The molecule has 1 aliphatic rings. The molecule has 0 amide bonds. The van der Waals surface area contributed by atoms with Gasteiger partial charge in [-0.2, -0.15) is 0 Å². The number of rotatable bonds is 2. The lowest BCUT2D eigenvalue weighted by atomic mass is 9.85. The molecule has 1 aromatic carbocycles. The van der Waals surface area contributed by atoms with Crippen LogP contribution in [-0.2, 0) is 11.2 Å². The van der Waals surface area contributed by atoms with Gasteiger partial charge in [-0.3, -0.25) is 0 Å². The molecule has 0 unspecified atom stereocenters. The first kappa shape index (κ1) is 16.6. The fourth-order valence-corrected chi connectivity index (χ4v) is 3.68. The molecule has 1 N–H and O–H groups in total. The third kappa shape index (κ3) is 4.62. The second-order valence-corrected chi connectivity index (χ2v) is 8.23. The molecule has 1 fully saturated rings. The molecule has 1 aliphatic heterocycles. The molecule has 0 bridgehead atoms. The molecule has 4 heteroatoms. The van der Waals surface area contributed by atoms with Crippen LogP contribution in [0.4, 0.5) is 0 Å². The lowest BCUT2D eigenvalue weighted by Crippen LogP contribution is -2.32. The zero-order valence-corrected chi connectivity index (χ0v) is 14.7. The average Bonchev–Trinajstić information content (AvgIpc) is 2.45. The summed E-state index contributed by atoms with van der Waals surface area (Å²) in [4.78, 5) is 2.32. The van der Waals surface area contributed by atoms with Gasteiger partial charge in [-0.25, -0.2) is 0 Å². The molecule has 2 nitrogen and oxygen atoms in total. The standard InChI is InChI=1S/C17H24NOS2/c1-17(2,3)14-11-13(7-8-15(14)19)12-21-16(20)18-9-5-4-6-10-18/h7,11,19H,4-6,9-10,12H2,1-3H3. The summed E-state index contributed by atoms with van der Waals surface area (Å²) in [7, 11) is 0. The van der Waals surface area contributed by atoms with Crippen LogP contribution in [0.3, 0.4) is 0 Å². The number of hydrogen-bond acceptors (Lipinski definition) is 3. The maximum Gasteiger partial charge on any atom is 0.136 e. The highest BCUT2D eigenvalue weighted by molar-refractivity contribution is 8.22. The van der Waals surface area contributed by atoms with Crippen molar-refractivity contribution in [3.63, 3.8) is 0 Å². The van der Waals surface area contributed by atoms with Crippen molar-refractivity contribution >= 4 is 28.3 Å². The first-order valence-corrected chi connectivity index (χ1v) is 8.93. The van der Waals surface area contributed by atoms with Crippen molar-refractivity contribution in [3.8, 4) is 5.75 Å². The first-order valence-electron chi connectivity index (χ1n) is 7.53. The minimum atomic E-state index is -0.0748. The van der Waals surface area contributed by atoms with Gasteiger partial charge >= 0.3 is 0 Å². The minimum Gasteiger partial charge on any atom is -0.507 e. The fourth-order valence-electron chi connectivity index (χ4n) is 2.50. The van der Waals surface area contributed by atoms with Crippen molar-refractivity contribution < 1.29 is 5.11 Å². The molecule has 1 radical (unpaired) electrons. The molecule has 0 aliphatic carbocycles. The van der Waals surface area contributed by atoms with E-state index in [9.17, 15) is 5.11 Å². The van der Waals surface area contributed by atoms with Gasteiger partial charge in [0.2, 0.25) is 0 Å². The summed E-state index contributed by atoms with van der Waals surface area (Å²) >= 11 is 7.25. The minimum absolute atomic E-state index is 0.0748. The fraction of sp³-hybridized carbons (Fsp3) is 0.588. The molecule has 21 heavy (non-hydrogen) atoms. The van der Waals surface area contributed by atoms with Crippen molar-refractivity contribution in [2.45, 2.75) is 51.2 Å². The van der Waals surface area contributed by atoms with Gasteiger partial charge in [-0.05, 0) is 36.3 Å². The normalized spacial score (nSPS) is 16.0. The van der Waals surface area contributed by atoms with Crippen molar-refractivity contribution in [2.24, 2.45) is 0 Å². The summed E-state index contributed by atoms with van der Waals surface area (Å²) in [6, 6.07) is 6.92. The number of phenols is 1. The number of hydrogen-bond donors (Lipinski definition) is 1. The molecule has 1 aromatic rings. The Labute approximate surface area is 137 Å². The number of thioether (sulfide) groups is 1. The molecule has 0 atom stereocenters.